The predicted molar refractivity (Wildman–Crippen MR) is 86.4 cm³/mol. The summed E-state index contributed by atoms with van der Waals surface area (Å²) < 4.78 is 12.6. The normalized spacial score (nSPS) is 12.4. The Bertz CT molecular complexity index is 821. The van der Waals surface area contributed by atoms with Crippen molar-refractivity contribution in [3.63, 3.8) is 0 Å². The minimum Gasteiger partial charge on any atom is -0.578 e. The molecule has 2 N–H and O–H groups in total. The smallest absolute Gasteiger partial charge is 0.377 e. The molecule has 1 heterocycles. The van der Waals surface area contributed by atoms with E-state index in [0.717, 1.165) is 16.3 Å². The fourth-order valence-electron chi connectivity index (χ4n) is 2.17. The van der Waals surface area contributed by atoms with Gasteiger partial charge in [-0.25, -0.2) is 0 Å². The molecule has 0 spiro atoms. The van der Waals surface area contributed by atoms with Crippen LogP contribution in [0.1, 0.15) is 5.56 Å². The van der Waals surface area contributed by atoms with Gasteiger partial charge in [0.15, 0.2) is 5.02 Å². The van der Waals surface area contributed by atoms with Gasteiger partial charge in [0.2, 0.25) is 0 Å². The standard InChI is InChI=1S/C16H12ClNO2S/c17-14-12-8-4-5-9-13(12)16(18-15(14)19)21(20)10-11-6-2-1-3-7-11/h1-9H,10H2,(H,18,19)/p+1. The summed E-state index contributed by atoms with van der Waals surface area (Å²) in [5.41, 5.74) is 0.975. The molecule has 1 unspecified atom stereocenters. The second-order valence-electron chi connectivity index (χ2n) is 4.60. The molecule has 0 fully saturated rings. The highest BCUT2D eigenvalue weighted by Gasteiger charge is 2.18. The highest BCUT2D eigenvalue weighted by Crippen LogP contribution is 2.33. The fraction of sp³-hybridized carbons (Fsp3) is 0.0625. The lowest BCUT2D eigenvalue weighted by atomic mass is 10.2. The minimum atomic E-state index is -1.32. The number of hydrogen-bond donors (Lipinski definition) is 0. The van der Waals surface area contributed by atoms with Gasteiger partial charge in [0.25, 0.3) is 0 Å². The number of nitrogens with zero attached hydrogens (tertiary/aromatic N) is 1. The van der Waals surface area contributed by atoms with E-state index in [2.05, 4.69) is 4.98 Å². The topological polar surface area (TPSA) is 52.9 Å². The van der Waals surface area contributed by atoms with E-state index < -0.39 is 10.8 Å². The fourth-order valence-corrected chi connectivity index (χ4v) is 3.62. The van der Waals surface area contributed by atoms with Crippen molar-refractivity contribution in [3.8, 4) is 5.88 Å². The first-order chi connectivity index (χ1) is 10.2. The summed E-state index contributed by atoms with van der Waals surface area (Å²) in [7, 11) is -1.32. The number of hydrogen-bond acceptors (Lipinski definition) is 2. The van der Waals surface area contributed by atoms with E-state index in [4.69, 9.17) is 16.7 Å². The Morgan fingerprint density at radius 2 is 1.62 bits per heavy atom. The molecule has 1 atom stereocenters. The third-order valence-corrected chi connectivity index (χ3v) is 4.89. The number of rotatable bonds is 3. The highest BCUT2D eigenvalue weighted by molar-refractivity contribution is 7.84. The molecular weight excluding hydrogens is 306 g/mol. The van der Waals surface area contributed by atoms with Gasteiger partial charge in [-0.3, -0.25) is 4.21 Å². The van der Waals surface area contributed by atoms with Crippen LogP contribution in [0.5, 0.6) is 5.88 Å². The van der Waals surface area contributed by atoms with Crippen LogP contribution in [0.3, 0.4) is 0 Å². The van der Waals surface area contributed by atoms with Crippen molar-refractivity contribution in [2.24, 2.45) is 0 Å². The number of pyridine rings is 1. The van der Waals surface area contributed by atoms with Gasteiger partial charge in [-0.2, -0.15) is 4.98 Å². The molecule has 0 saturated heterocycles. The predicted octanol–water partition coefficient (Wildman–Crippen LogP) is 3.63. The van der Waals surface area contributed by atoms with Gasteiger partial charge >= 0.3 is 5.88 Å². The zero-order chi connectivity index (χ0) is 14.8. The summed E-state index contributed by atoms with van der Waals surface area (Å²) in [5.74, 6) is 0.339. The van der Waals surface area contributed by atoms with E-state index in [0.29, 0.717) is 15.8 Å². The summed E-state index contributed by atoms with van der Waals surface area (Å²) in [6.07, 6.45) is 0. The second-order valence-corrected chi connectivity index (χ2v) is 6.34. The second kappa shape index (κ2) is 5.84. The van der Waals surface area contributed by atoms with E-state index >= 15 is 0 Å². The van der Waals surface area contributed by atoms with Gasteiger partial charge in [-0.1, -0.05) is 66.2 Å². The maximum Gasteiger partial charge on any atom is 0.377 e. The Balaban J connectivity index is 2.08. The molecule has 0 aliphatic rings. The van der Waals surface area contributed by atoms with Crippen molar-refractivity contribution < 1.29 is 9.32 Å². The van der Waals surface area contributed by atoms with Crippen LogP contribution in [0.15, 0.2) is 59.6 Å². The average Bonchev–Trinajstić information content (AvgIpc) is 2.52. The zero-order valence-corrected chi connectivity index (χ0v) is 12.6. The van der Waals surface area contributed by atoms with Gasteiger partial charge < -0.3 is 5.11 Å². The Morgan fingerprint density at radius 1 is 1.00 bits per heavy atom. The van der Waals surface area contributed by atoms with E-state index in [-0.39, 0.29) is 5.88 Å². The lowest BCUT2D eigenvalue weighted by Gasteiger charge is -2.07. The van der Waals surface area contributed by atoms with Crippen LogP contribution in [0.25, 0.3) is 10.8 Å². The summed E-state index contributed by atoms with van der Waals surface area (Å²) in [6.45, 7) is 0. The van der Waals surface area contributed by atoms with Crippen LogP contribution in [0.2, 0.25) is 5.02 Å². The molecule has 0 bridgehead atoms. The Kier molecular flexibility index (Phi) is 3.90. The highest BCUT2D eigenvalue weighted by atomic mass is 35.5. The van der Waals surface area contributed by atoms with Crippen LogP contribution in [-0.4, -0.2) is 14.3 Å². The summed E-state index contributed by atoms with van der Waals surface area (Å²) in [5, 5.41) is 10.0. The molecule has 0 aliphatic carbocycles. The van der Waals surface area contributed by atoms with Gasteiger partial charge in [0.1, 0.15) is 5.03 Å². The lowest BCUT2D eigenvalue weighted by Crippen LogP contribution is -2.01. The monoisotopic (exact) mass is 318 g/mol. The van der Waals surface area contributed by atoms with Crippen molar-refractivity contribution in [1.29, 1.82) is 0 Å². The Hall–Kier alpha value is -1.91. The largest absolute Gasteiger partial charge is 0.578 e. The summed E-state index contributed by atoms with van der Waals surface area (Å²) >= 11 is 6.11. The maximum atomic E-state index is 12.6. The lowest BCUT2D eigenvalue weighted by molar-refractivity contribution is 0.450. The molecule has 106 valence electrons. The Labute approximate surface area is 129 Å². The molecule has 0 radical (unpaired) electrons. The van der Waals surface area contributed by atoms with E-state index in [1.165, 1.54) is 0 Å². The van der Waals surface area contributed by atoms with Gasteiger partial charge in [0.05, 0.1) is 16.6 Å². The average molecular weight is 319 g/mol. The molecular formula is C16H13ClNO2S+. The SMILES string of the molecule is O=S(Cc1ccccc1)c1nc([OH2+])c(Cl)c2ccccc12. The van der Waals surface area contributed by atoms with Gasteiger partial charge in [-0.05, 0) is 5.56 Å². The van der Waals surface area contributed by atoms with E-state index in [9.17, 15) is 4.21 Å². The number of aromatic nitrogens is 1. The molecule has 3 aromatic rings. The summed E-state index contributed by atoms with van der Waals surface area (Å²) in [6, 6.07) is 17.0. The number of benzene rings is 2. The van der Waals surface area contributed by atoms with Crippen LogP contribution in [-0.2, 0) is 16.6 Å². The molecule has 3 nitrogen and oxygen atoms in total. The number of halogens is 1. The maximum absolute atomic E-state index is 12.6. The van der Waals surface area contributed by atoms with Crippen LogP contribution < -0.4 is 0 Å². The Morgan fingerprint density at radius 3 is 2.33 bits per heavy atom. The van der Waals surface area contributed by atoms with E-state index in [1.54, 1.807) is 0 Å². The van der Waals surface area contributed by atoms with Crippen LogP contribution >= 0.6 is 11.6 Å². The van der Waals surface area contributed by atoms with Gasteiger partial charge in [-0.15, -0.1) is 0 Å². The molecule has 2 aromatic carbocycles. The molecule has 0 saturated carbocycles. The number of fused-ring (bicyclic) bond motifs is 1. The van der Waals surface area contributed by atoms with Crippen LogP contribution in [0.4, 0.5) is 0 Å². The molecule has 0 aliphatic heterocycles. The third kappa shape index (κ3) is 2.77. The molecule has 21 heavy (non-hydrogen) atoms. The molecule has 1 aromatic heterocycles. The van der Waals surface area contributed by atoms with Crippen molar-refractivity contribution in [1.82, 2.24) is 4.98 Å². The van der Waals surface area contributed by atoms with Crippen molar-refractivity contribution in [2.75, 3.05) is 0 Å². The molecule has 0 amide bonds. The molecule has 3 rings (SSSR count). The summed E-state index contributed by atoms with van der Waals surface area (Å²) in [4.78, 5) is 4.13. The third-order valence-electron chi connectivity index (χ3n) is 3.17. The van der Waals surface area contributed by atoms with Crippen LogP contribution in [0, 0.1) is 0 Å². The first kappa shape index (κ1) is 14.0. The van der Waals surface area contributed by atoms with Gasteiger partial charge in [0, 0.05) is 10.8 Å². The first-order valence-corrected chi connectivity index (χ1v) is 8.08. The quantitative estimate of drug-likeness (QED) is 0.692. The van der Waals surface area contributed by atoms with Crippen molar-refractivity contribution in [2.45, 2.75) is 10.8 Å². The van der Waals surface area contributed by atoms with Crippen molar-refractivity contribution in [3.05, 3.63) is 65.2 Å². The van der Waals surface area contributed by atoms with Crippen molar-refractivity contribution >= 4 is 33.2 Å². The first-order valence-electron chi connectivity index (χ1n) is 6.39. The molecule has 5 heteroatoms. The zero-order valence-electron chi connectivity index (χ0n) is 11.0. The minimum absolute atomic E-state index is 0.0354. The van der Waals surface area contributed by atoms with E-state index in [1.807, 2.05) is 54.6 Å².